The Morgan fingerprint density at radius 3 is 2.56 bits per heavy atom. The van der Waals surface area contributed by atoms with Gasteiger partial charge in [-0.2, -0.15) is 0 Å². The van der Waals surface area contributed by atoms with Crippen LogP contribution in [0.15, 0.2) is 24.3 Å². The predicted octanol–water partition coefficient (Wildman–Crippen LogP) is 4.44. The molecule has 0 radical (unpaired) electrons. The van der Waals surface area contributed by atoms with Crippen molar-refractivity contribution in [2.24, 2.45) is 0 Å². The second kappa shape index (κ2) is 6.90. The summed E-state index contributed by atoms with van der Waals surface area (Å²) in [4.78, 5) is 9.02. The molecule has 3 heterocycles. The van der Waals surface area contributed by atoms with Gasteiger partial charge in [0, 0.05) is 43.8 Å². The first kappa shape index (κ1) is 17.2. The number of aromatic nitrogens is 1. The van der Waals surface area contributed by atoms with Crippen LogP contribution in [-0.2, 0) is 6.42 Å². The smallest absolute Gasteiger partial charge is 0.201 e. The number of hydrogen-bond donors (Lipinski definition) is 0. The van der Waals surface area contributed by atoms with Gasteiger partial charge in [-0.1, -0.05) is 6.92 Å². The van der Waals surface area contributed by atoms with E-state index in [2.05, 4.69) is 47.6 Å². The largest absolute Gasteiger partial charge is 0.371 e. The van der Waals surface area contributed by atoms with Crippen molar-refractivity contribution in [2.75, 3.05) is 31.1 Å². The molecule has 1 aromatic rings. The molecule has 27 heavy (non-hydrogen) atoms. The molecule has 0 bridgehead atoms. The predicted molar refractivity (Wildman–Crippen MR) is 116 cm³/mol. The van der Waals surface area contributed by atoms with E-state index in [0.29, 0.717) is 0 Å². The van der Waals surface area contributed by atoms with Gasteiger partial charge in [-0.25, -0.2) is 9.56 Å². The molecule has 0 N–H and O–H groups in total. The molecular formula is C23H28N3S+. The topological polar surface area (TPSA) is 19.1 Å². The van der Waals surface area contributed by atoms with E-state index in [4.69, 9.17) is 4.98 Å². The maximum absolute atomic E-state index is 5.16. The Morgan fingerprint density at radius 1 is 1.04 bits per heavy atom. The van der Waals surface area contributed by atoms with Crippen LogP contribution >= 0.6 is 11.3 Å². The summed E-state index contributed by atoms with van der Waals surface area (Å²) in [7, 11) is 0. The summed E-state index contributed by atoms with van der Waals surface area (Å²) in [6.07, 6.45) is 6.30. The molecule has 1 aromatic carbocycles. The molecule has 3 aliphatic heterocycles. The molecule has 4 heteroatoms. The van der Waals surface area contributed by atoms with Gasteiger partial charge >= 0.3 is 0 Å². The lowest BCUT2D eigenvalue weighted by molar-refractivity contribution is 0.693. The van der Waals surface area contributed by atoms with E-state index in [1.165, 1.54) is 94.8 Å². The van der Waals surface area contributed by atoms with Gasteiger partial charge in [-0.3, -0.25) is 0 Å². The van der Waals surface area contributed by atoms with Gasteiger partial charge in [0.25, 0.3) is 0 Å². The van der Waals surface area contributed by atoms with Gasteiger partial charge in [0.05, 0.1) is 20.8 Å². The van der Waals surface area contributed by atoms with E-state index < -0.39 is 0 Å². The SMILES string of the molecule is CCc1cc(=[N+]2CCCC2)cc2sc3cc(N4CCCC4)cc(C)c3nc1-2. The number of fused-ring (bicyclic) bond motifs is 2. The first-order chi connectivity index (χ1) is 13.2. The quantitative estimate of drug-likeness (QED) is 0.485. The third-order valence-electron chi connectivity index (χ3n) is 6.16. The van der Waals surface area contributed by atoms with Crippen LogP contribution in [0.2, 0.25) is 0 Å². The van der Waals surface area contributed by atoms with Gasteiger partial charge in [-0.15, -0.1) is 11.3 Å². The summed E-state index contributed by atoms with van der Waals surface area (Å²) in [5.74, 6) is 0. The maximum atomic E-state index is 5.16. The molecule has 140 valence electrons. The summed E-state index contributed by atoms with van der Waals surface area (Å²) >= 11 is 1.93. The van der Waals surface area contributed by atoms with Gasteiger partial charge < -0.3 is 4.90 Å². The molecule has 0 spiro atoms. The Balaban J connectivity index is 1.75. The molecule has 1 aliphatic carbocycles. The minimum atomic E-state index is 1.04. The molecule has 0 atom stereocenters. The van der Waals surface area contributed by atoms with Gasteiger partial charge in [0.1, 0.15) is 13.1 Å². The molecular weight excluding hydrogens is 350 g/mol. The summed E-state index contributed by atoms with van der Waals surface area (Å²) in [6, 6.07) is 9.48. The van der Waals surface area contributed by atoms with Crippen molar-refractivity contribution in [2.45, 2.75) is 46.0 Å². The second-order valence-electron chi connectivity index (χ2n) is 8.02. The van der Waals surface area contributed by atoms with E-state index in [1.54, 1.807) is 0 Å². The van der Waals surface area contributed by atoms with Crippen LogP contribution in [0.25, 0.3) is 20.8 Å². The van der Waals surface area contributed by atoms with Crippen molar-refractivity contribution < 1.29 is 0 Å². The van der Waals surface area contributed by atoms with E-state index in [9.17, 15) is 0 Å². The highest BCUT2D eigenvalue weighted by molar-refractivity contribution is 7.21. The van der Waals surface area contributed by atoms with Crippen molar-refractivity contribution in [1.29, 1.82) is 0 Å². The van der Waals surface area contributed by atoms with Crippen molar-refractivity contribution in [3.05, 3.63) is 40.7 Å². The summed E-state index contributed by atoms with van der Waals surface area (Å²) in [5, 5.41) is 1.39. The average molecular weight is 379 g/mol. The highest BCUT2D eigenvalue weighted by Gasteiger charge is 2.20. The molecule has 0 amide bonds. The third kappa shape index (κ3) is 3.04. The van der Waals surface area contributed by atoms with Crippen molar-refractivity contribution in [3.63, 3.8) is 0 Å². The number of benzene rings is 2. The lowest BCUT2D eigenvalue weighted by atomic mass is 10.1. The second-order valence-corrected chi connectivity index (χ2v) is 9.10. The fourth-order valence-corrected chi connectivity index (χ4v) is 5.79. The zero-order valence-electron chi connectivity index (χ0n) is 16.4. The van der Waals surface area contributed by atoms with E-state index in [1.807, 2.05) is 11.3 Å². The van der Waals surface area contributed by atoms with Crippen LogP contribution in [0.5, 0.6) is 0 Å². The summed E-state index contributed by atoms with van der Waals surface area (Å²) < 4.78 is 3.87. The minimum absolute atomic E-state index is 1.04. The van der Waals surface area contributed by atoms with Crippen molar-refractivity contribution in [3.8, 4) is 10.6 Å². The first-order valence-corrected chi connectivity index (χ1v) is 11.3. The van der Waals surface area contributed by atoms with Gasteiger partial charge in [0.2, 0.25) is 5.36 Å². The molecule has 4 aliphatic rings. The standard InChI is InChI=1S/C23H28N3S/c1-3-17-13-19(26-10-6-7-11-26)15-21-23(17)24-22-16(2)12-18(14-20(22)27-21)25-8-4-5-9-25/h12-15H,3-11H2,1-2H3/q+1. The maximum Gasteiger partial charge on any atom is 0.201 e. The number of anilines is 1. The molecule has 5 rings (SSSR count). The third-order valence-corrected chi connectivity index (χ3v) is 7.22. The Bertz CT molecular complexity index is 1040. The summed E-state index contributed by atoms with van der Waals surface area (Å²) in [5.41, 5.74) is 6.45. The zero-order valence-corrected chi connectivity index (χ0v) is 17.2. The Kier molecular flexibility index (Phi) is 4.39. The lowest BCUT2D eigenvalue weighted by Gasteiger charge is -2.19. The minimum Gasteiger partial charge on any atom is -0.371 e. The van der Waals surface area contributed by atoms with Gasteiger partial charge in [0.15, 0.2) is 0 Å². The first-order valence-electron chi connectivity index (χ1n) is 10.4. The number of rotatable bonds is 2. The van der Waals surface area contributed by atoms with Crippen LogP contribution in [-0.4, -0.2) is 31.2 Å². The molecule has 0 aromatic heterocycles. The van der Waals surface area contributed by atoms with Crippen LogP contribution < -0.4 is 14.8 Å². The number of hydrogen-bond acceptors (Lipinski definition) is 3. The van der Waals surface area contributed by atoms with Gasteiger partial charge in [-0.05, 0) is 49.4 Å². The Hall–Kier alpha value is -1.94. The fraction of sp³-hybridized carbons (Fsp3) is 0.478. The van der Waals surface area contributed by atoms with Crippen LogP contribution in [0.4, 0.5) is 5.69 Å². The molecule has 2 saturated heterocycles. The number of nitrogens with zero attached hydrogens (tertiary/aromatic N) is 3. The van der Waals surface area contributed by atoms with E-state index in [0.717, 1.165) is 6.42 Å². The molecule has 3 nitrogen and oxygen atoms in total. The monoisotopic (exact) mass is 378 g/mol. The Labute approximate surface area is 165 Å². The fourth-order valence-electron chi connectivity index (χ4n) is 4.62. The van der Waals surface area contributed by atoms with Crippen molar-refractivity contribution in [1.82, 2.24) is 9.56 Å². The average Bonchev–Trinajstić information content (AvgIpc) is 3.39. The van der Waals surface area contributed by atoms with E-state index in [-0.39, 0.29) is 0 Å². The highest BCUT2D eigenvalue weighted by atomic mass is 32.1. The van der Waals surface area contributed by atoms with Crippen molar-refractivity contribution >= 4 is 27.2 Å². The Morgan fingerprint density at radius 2 is 1.81 bits per heavy atom. The van der Waals surface area contributed by atoms with Crippen LogP contribution in [0.3, 0.4) is 0 Å². The molecule has 2 fully saturated rings. The van der Waals surface area contributed by atoms with E-state index >= 15 is 0 Å². The highest BCUT2D eigenvalue weighted by Crippen LogP contribution is 2.36. The lowest BCUT2D eigenvalue weighted by Crippen LogP contribution is -2.27. The van der Waals surface area contributed by atoms with Crippen LogP contribution in [0, 0.1) is 6.92 Å². The molecule has 0 unspecified atom stereocenters. The molecule has 0 saturated carbocycles. The van der Waals surface area contributed by atoms with Crippen LogP contribution in [0.1, 0.15) is 43.7 Å². The zero-order chi connectivity index (χ0) is 18.4. The normalized spacial score (nSPS) is 17.6. The summed E-state index contributed by atoms with van der Waals surface area (Å²) in [6.45, 7) is 9.24. The number of aryl methyl sites for hydroxylation is 2.